The maximum atomic E-state index is 11.7. The predicted molar refractivity (Wildman–Crippen MR) is 66.4 cm³/mol. The van der Waals surface area contributed by atoms with Gasteiger partial charge in [-0.05, 0) is 18.4 Å². The van der Waals surface area contributed by atoms with Crippen LogP contribution < -0.4 is 4.74 Å². The molecule has 1 aromatic carbocycles. The standard InChI is InChI=1S/C12H14O4S/c1-9(13)16-11-6-4-3-5-10(11)12(14)15-7-8-17-2/h3-6H,7-8H2,1-2H3. The van der Waals surface area contributed by atoms with E-state index in [1.807, 2.05) is 6.26 Å². The average Bonchev–Trinajstić information content (AvgIpc) is 2.29. The van der Waals surface area contributed by atoms with E-state index in [1.165, 1.54) is 6.92 Å². The topological polar surface area (TPSA) is 52.6 Å². The van der Waals surface area contributed by atoms with Gasteiger partial charge in [-0.1, -0.05) is 12.1 Å². The minimum atomic E-state index is -0.476. The molecular formula is C12H14O4S. The van der Waals surface area contributed by atoms with Gasteiger partial charge in [-0.15, -0.1) is 0 Å². The number of hydrogen-bond donors (Lipinski definition) is 0. The first-order valence-corrected chi connectivity index (χ1v) is 6.48. The molecule has 0 radical (unpaired) electrons. The maximum Gasteiger partial charge on any atom is 0.341 e. The Labute approximate surface area is 104 Å². The Morgan fingerprint density at radius 1 is 1.29 bits per heavy atom. The fourth-order valence-electron chi connectivity index (χ4n) is 1.17. The summed E-state index contributed by atoms with van der Waals surface area (Å²) >= 11 is 1.59. The molecule has 0 aliphatic carbocycles. The first-order valence-electron chi connectivity index (χ1n) is 5.08. The highest BCUT2D eigenvalue weighted by Gasteiger charge is 2.14. The summed E-state index contributed by atoms with van der Waals surface area (Å²) in [4.78, 5) is 22.6. The second kappa shape index (κ2) is 6.96. The summed E-state index contributed by atoms with van der Waals surface area (Å²) in [6, 6.07) is 6.52. The lowest BCUT2D eigenvalue weighted by Crippen LogP contribution is -2.11. The highest BCUT2D eigenvalue weighted by Crippen LogP contribution is 2.19. The molecule has 0 heterocycles. The Morgan fingerprint density at radius 2 is 2.00 bits per heavy atom. The van der Waals surface area contributed by atoms with Crippen molar-refractivity contribution in [3.8, 4) is 5.75 Å². The molecule has 1 aromatic rings. The average molecular weight is 254 g/mol. The zero-order valence-electron chi connectivity index (χ0n) is 9.76. The van der Waals surface area contributed by atoms with Gasteiger partial charge in [-0.2, -0.15) is 11.8 Å². The van der Waals surface area contributed by atoms with Crippen LogP contribution in [0.4, 0.5) is 0 Å². The Kier molecular flexibility index (Phi) is 5.56. The normalized spacial score (nSPS) is 9.76. The molecular weight excluding hydrogens is 240 g/mol. The van der Waals surface area contributed by atoms with Crippen molar-refractivity contribution in [3.63, 3.8) is 0 Å². The summed E-state index contributed by atoms with van der Waals surface area (Å²) in [7, 11) is 0. The van der Waals surface area contributed by atoms with E-state index in [0.717, 1.165) is 5.75 Å². The summed E-state index contributed by atoms with van der Waals surface area (Å²) in [5, 5.41) is 0. The molecule has 5 heteroatoms. The van der Waals surface area contributed by atoms with E-state index in [9.17, 15) is 9.59 Å². The molecule has 0 fully saturated rings. The van der Waals surface area contributed by atoms with Gasteiger partial charge in [0.15, 0.2) is 0 Å². The lowest BCUT2D eigenvalue weighted by Gasteiger charge is -2.08. The first-order chi connectivity index (χ1) is 8.15. The van der Waals surface area contributed by atoms with Crippen LogP contribution in [0.15, 0.2) is 24.3 Å². The number of hydrogen-bond acceptors (Lipinski definition) is 5. The SMILES string of the molecule is CSCCOC(=O)c1ccccc1OC(C)=O. The number of esters is 2. The summed E-state index contributed by atoms with van der Waals surface area (Å²) < 4.78 is 9.97. The smallest absolute Gasteiger partial charge is 0.341 e. The molecule has 0 unspecified atom stereocenters. The molecule has 92 valence electrons. The van der Waals surface area contributed by atoms with E-state index < -0.39 is 11.9 Å². The van der Waals surface area contributed by atoms with Crippen molar-refractivity contribution in [2.45, 2.75) is 6.92 Å². The quantitative estimate of drug-likeness (QED) is 0.458. The van der Waals surface area contributed by atoms with Crippen molar-refractivity contribution in [1.82, 2.24) is 0 Å². The molecule has 0 spiro atoms. The second-order valence-corrected chi connectivity index (χ2v) is 4.20. The van der Waals surface area contributed by atoms with Crippen molar-refractivity contribution in [2.24, 2.45) is 0 Å². The fraction of sp³-hybridized carbons (Fsp3) is 0.333. The minimum Gasteiger partial charge on any atom is -0.461 e. The molecule has 0 N–H and O–H groups in total. The van der Waals surface area contributed by atoms with E-state index in [2.05, 4.69) is 0 Å². The van der Waals surface area contributed by atoms with Gasteiger partial charge < -0.3 is 9.47 Å². The molecule has 4 nitrogen and oxygen atoms in total. The van der Waals surface area contributed by atoms with Gasteiger partial charge in [0.25, 0.3) is 0 Å². The van der Waals surface area contributed by atoms with Crippen molar-refractivity contribution in [3.05, 3.63) is 29.8 Å². The molecule has 17 heavy (non-hydrogen) atoms. The van der Waals surface area contributed by atoms with Gasteiger partial charge in [0, 0.05) is 12.7 Å². The van der Waals surface area contributed by atoms with Crippen molar-refractivity contribution < 1.29 is 19.1 Å². The van der Waals surface area contributed by atoms with Crippen LogP contribution in [0.5, 0.6) is 5.75 Å². The van der Waals surface area contributed by atoms with Gasteiger partial charge in [0.05, 0.1) is 0 Å². The molecule has 0 amide bonds. The number of benzene rings is 1. The lowest BCUT2D eigenvalue weighted by atomic mass is 10.2. The largest absolute Gasteiger partial charge is 0.461 e. The maximum absolute atomic E-state index is 11.7. The second-order valence-electron chi connectivity index (χ2n) is 3.22. The van der Waals surface area contributed by atoms with Crippen LogP contribution in [-0.2, 0) is 9.53 Å². The molecule has 0 atom stereocenters. The van der Waals surface area contributed by atoms with E-state index in [4.69, 9.17) is 9.47 Å². The molecule has 0 aliphatic rings. The van der Waals surface area contributed by atoms with Crippen molar-refractivity contribution >= 4 is 23.7 Å². The zero-order chi connectivity index (χ0) is 12.7. The number of rotatable bonds is 5. The fourth-order valence-corrected chi connectivity index (χ4v) is 1.42. The van der Waals surface area contributed by atoms with Crippen LogP contribution in [0.3, 0.4) is 0 Å². The van der Waals surface area contributed by atoms with Gasteiger partial charge in [0.2, 0.25) is 0 Å². The number of ether oxygens (including phenoxy) is 2. The molecule has 0 bridgehead atoms. The van der Waals surface area contributed by atoms with Crippen LogP contribution in [0, 0.1) is 0 Å². The number of para-hydroxylation sites is 1. The van der Waals surface area contributed by atoms with E-state index in [-0.39, 0.29) is 11.3 Å². The van der Waals surface area contributed by atoms with Crippen LogP contribution in [0.2, 0.25) is 0 Å². The third-order valence-electron chi connectivity index (χ3n) is 1.88. The Hall–Kier alpha value is -1.49. The minimum absolute atomic E-state index is 0.231. The summed E-state index contributed by atoms with van der Waals surface area (Å²) in [5.41, 5.74) is 0.267. The first kappa shape index (κ1) is 13.6. The summed E-state index contributed by atoms with van der Waals surface area (Å²) in [6.07, 6.45) is 1.93. The van der Waals surface area contributed by atoms with Crippen LogP contribution >= 0.6 is 11.8 Å². The third-order valence-corrected chi connectivity index (χ3v) is 2.46. The van der Waals surface area contributed by atoms with Crippen LogP contribution in [0.25, 0.3) is 0 Å². The molecule has 0 aromatic heterocycles. The monoisotopic (exact) mass is 254 g/mol. The van der Waals surface area contributed by atoms with Gasteiger partial charge >= 0.3 is 11.9 Å². The number of carbonyl (C=O) groups excluding carboxylic acids is 2. The summed E-state index contributed by atoms with van der Waals surface area (Å²) in [6.45, 7) is 1.63. The molecule has 0 aliphatic heterocycles. The van der Waals surface area contributed by atoms with Gasteiger partial charge in [-0.3, -0.25) is 4.79 Å². The Bertz CT molecular complexity index is 403. The van der Waals surface area contributed by atoms with Crippen molar-refractivity contribution in [1.29, 1.82) is 0 Å². The zero-order valence-corrected chi connectivity index (χ0v) is 10.6. The Morgan fingerprint density at radius 3 is 2.65 bits per heavy atom. The third kappa shape index (κ3) is 4.48. The highest BCUT2D eigenvalue weighted by molar-refractivity contribution is 7.98. The summed E-state index contributed by atoms with van der Waals surface area (Å²) in [5.74, 6) is 0.0287. The predicted octanol–water partition coefficient (Wildman–Crippen LogP) is 2.13. The van der Waals surface area contributed by atoms with E-state index in [1.54, 1.807) is 36.0 Å². The molecule has 1 rings (SSSR count). The van der Waals surface area contributed by atoms with E-state index in [0.29, 0.717) is 6.61 Å². The lowest BCUT2D eigenvalue weighted by molar-refractivity contribution is -0.131. The Balaban J connectivity index is 2.74. The van der Waals surface area contributed by atoms with Crippen LogP contribution in [-0.4, -0.2) is 30.6 Å². The number of carbonyl (C=O) groups is 2. The number of thioether (sulfide) groups is 1. The highest BCUT2D eigenvalue weighted by atomic mass is 32.2. The van der Waals surface area contributed by atoms with Crippen molar-refractivity contribution in [2.75, 3.05) is 18.6 Å². The molecule has 0 saturated heterocycles. The van der Waals surface area contributed by atoms with Crippen LogP contribution in [0.1, 0.15) is 17.3 Å². The van der Waals surface area contributed by atoms with Gasteiger partial charge in [-0.25, -0.2) is 4.79 Å². The van der Waals surface area contributed by atoms with E-state index >= 15 is 0 Å². The van der Waals surface area contributed by atoms with Gasteiger partial charge in [0.1, 0.15) is 17.9 Å². The molecule has 0 saturated carbocycles.